The number of hydrogen-bond acceptors (Lipinski definition) is 4. The first kappa shape index (κ1) is 24.9. The lowest BCUT2D eigenvalue weighted by atomic mass is 10.1. The van der Waals surface area contributed by atoms with Gasteiger partial charge in [0.15, 0.2) is 0 Å². The van der Waals surface area contributed by atoms with Gasteiger partial charge in [0.05, 0.1) is 18.2 Å². The van der Waals surface area contributed by atoms with E-state index in [1.807, 2.05) is 6.07 Å². The van der Waals surface area contributed by atoms with Crippen LogP contribution in [0, 0.1) is 0 Å². The molecule has 0 heterocycles. The molecule has 0 unspecified atom stereocenters. The molecule has 3 atom stereocenters. The van der Waals surface area contributed by atoms with Crippen LogP contribution in [0.4, 0.5) is 0 Å². The minimum absolute atomic E-state index is 0.0358. The molecular weight excluding hydrogens is 396 g/mol. The second-order valence-electron chi connectivity index (χ2n) is 9.08. The Morgan fingerprint density at radius 3 is 2.09 bits per heavy atom. The maximum absolute atomic E-state index is 6.34. The number of benzene rings is 2. The molecule has 0 spiro atoms. The Labute approximate surface area is 194 Å². The molecule has 176 valence electrons. The second kappa shape index (κ2) is 14.4. The molecule has 0 fully saturated rings. The van der Waals surface area contributed by atoms with Gasteiger partial charge in [0.1, 0.15) is 0 Å². The first-order chi connectivity index (χ1) is 15.8. The lowest BCUT2D eigenvalue weighted by Crippen LogP contribution is -2.26. The Morgan fingerprint density at radius 1 is 0.781 bits per heavy atom. The molecule has 3 rings (SSSR count). The van der Waals surface area contributed by atoms with E-state index in [1.165, 1.54) is 55.2 Å². The molecule has 4 nitrogen and oxygen atoms in total. The van der Waals surface area contributed by atoms with Crippen LogP contribution in [0.2, 0.25) is 0 Å². The van der Waals surface area contributed by atoms with Gasteiger partial charge in [-0.1, -0.05) is 93.1 Å². The van der Waals surface area contributed by atoms with Crippen molar-refractivity contribution in [3.63, 3.8) is 0 Å². The minimum atomic E-state index is 0.0358. The SMILES string of the molecule is NC[C@@H](Cc1ccccc1)OCCCCCCCCCCO[C@@H]1Cc2ccccc2[C@@H]1N. The lowest BCUT2D eigenvalue weighted by Gasteiger charge is -2.17. The summed E-state index contributed by atoms with van der Waals surface area (Å²) in [5, 5.41) is 0. The van der Waals surface area contributed by atoms with Crippen molar-refractivity contribution in [3.05, 3.63) is 71.3 Å². The summed E-state index contributed by atoms with van der Waals surface area (Å²) >= 11 is 0. The van der Waals surface area contributed by atoms with Crippen LogP contribution in [0.25, 0.3) is 0 Å². The fraction of sp³-hybridized carbons (Fsp3) is 0.571. The number of ether oxygens (including phenoxy) is 2. The second-order valence-corrected chi connectivity index (χ2v) is 9.08. The van der Waals surface area contributed by atoms with Crippen LogP contribution in [0.3, 0.4) is 0 Å². The summed E-state index contributed by atoms with van der Waals surface area (Å²) in [6, 6.07) is 19.0. The average Bonchev–Trinajstić information content (AvgIpc) is 3.15. The van der Waals surface area contributed by atoms with Crippen molar-refractivity contribution in [2.24, 2.45) is 11.5 Å². The molecule has 2 aromatic carbocycles. The monoisotopic (exact) mass is 438 g/mol. The topological polar surface area (TPSA) is 70.5 Å². The van der Waals surface area contributed by atoms with Gasteiger partial charge in [-0.2, -0.15) is 0 Å². The lowest BCUT2D eigenvalue weighted by molar-refractivity contribution is 0.0411. The van der Waals surface area contributed by atoms with E-state index in [4.69, 9.17) is 20.9 Å². The van der Waals surface area contributed by atoms with Crippen LogP contribution in [0.15, 0.2) is 54.6 Å². The van der Waals surface area contributed by atoms with E-state index < -0.39 is 0 Å². The summed E-state index contributed by atoms with van der Waals surface area (Å²) in [6.07, 6.45) is 12.1. The molecule has 0 aliphatic heterocycles. The van der Waals surface area contributed by atoms with Crippen LogP contribution in [0.5, 0.6) is 0 Å². The Morgan fingerprint density at radius 2 is 1.41 bits per heavy atom. The largest absolute Gasteiger partial charge is 0.377 e. The maximum atomic E-state index is 6.34. The third-order valence-corrected chi connectivity index (χ3v) is 6.53. The third-order valence-electron chi connectivity index (χ3n) is 6.53. The summed E-state index contributed by atoms with van der Waals surface area (Å²) in [5.74, 6) is 0. The Balaban J connectivity index is 1.11. The fourth-order valence-corrected chi connectivity index (χ4v) is 4.59. The molecule has 32 heavy (non-hydrogen) atoms. The molecule has 2 aromatic rings. The first-order valence-electron chi connectivity index (χ1n) is 12.6. The van der Waals surface area contributed by atoms with E-state index in [2.05, 4.69) is 48.5 Å². The Kier molecular flexibility index (Phi) is 11.2. The number of rotatable bonds is 16. The van der Waals surface area contributed by atoms with Crippen molar-refractivity contribution in [1.82, 2.24) is 0 Å². The van der Waals surface area contributed by atoms with E-state index in [0.29, 0.717) is 6.54 Å². The Hall–Kier alpha value is -1.72. The zero-order valence-corrected chi connectivity index (χ0v) is 19.6. The molecule has 4 N–H and O–H groups in total. The van der Waals surface area contributed by atoms with Gasteiger partial charge >= 0.3 is 0 Å². The molecule has 0 aromatic heterocycles. The van der Waals surface area contributed by atoms with Gasteiger partial charge in [-0.3, -0.25) is 0 Å². The molecule has 0 saturated heterocycles. The summed E-state index contributed by atoms with van der Waals surface area (Å²) in [4.78, 5) is 0. The molecule has 0 bridgehead atoms. The Bertz CT molecular complexity index is 752. The van der Waals surface area contributed by atoms with Crippen LogP contribution >= 0.6 is 0 Å². The highest BCUT2D eigenvalue weighted by Gasteiger charge is 2.29. The maximum Gasteiger partial charge on any atom is 0.0808 e. The van der Waals surface area contributed by atoms with Gasteiger partial charge in [0, 0.05) is 26.2 Å². The summed E-state index contributed by atoms with van der Waals surface area (Å²) in [7, 11) is 0. The number of unbranched alkanes of at least 4 members (excludes halogenated alkanes) is 7. The highest BCUT2D eigenvalue weighted by Crippen LogP contribution is 2.31. The van der Waals surface area contributed by atoms with Crippen molar-refractivity contribution >= 4 is 0 Å². The van der Waals surface area contributed by atoms with Gasteiger partial charge in [-0.05, 0) is 36.0 Å². The predicted octanol–water partition coefficient (Wildman–Crippen LogP) is 5.34. The first-order valence-corrected chi connectivity index (χ1v) is 12.6. The van der Waals surface area contributed by atoms with Gasteiger partial charge in [0.25, 0.3) is 0 Å². The quantitative estimate of drug-likeness (QED) is 0.347. The van der Waals surface area contributed by atoms with E-state index in [-0.39, 0.29) is 18.2 Å². The zero-order chi connectivity index (χ0) is 22.4. The molecular formula is C28H42N2O2. The summed E-state index contributed by atoms with van der Waals surface area (Å²) < 4.78 is 12.1. The van der Waals surface area contributed by atoms with E-state index in [0.717, 1.165) is 38.9 Å². The zero-order valence-electron chi connectivity index (χ0n) is 19.6. The van der Waals surface area contributed by atoms with Crippen LogP contribution < -0.4 is 11.5 Å². The molecule has 4 heteroatoms. The predicted molar refractivity (Wildman–Crippen MR) is 133 cm³/mol. The van der Waals surface area contributed by atoms with E-state index >= 15 is 0 Å². The summed E-state index contributed by atoms with van der Waals surface area (Å²) in [6.45, 7) is 2.23. The number of hydrogen-bond donors (Lipinski definition) is 2. The number of fused-ring (bicyclic) bond motifs is 1. The van der Waals surface area contributed by atoms with Gasteiger partial charge in [0.2, 0.25) is 0 Å². The highest BCUT2D eigenvalue weighted by molar-refractivity contribution is 5.36. The van der Waals surface area contributed by atoms with Gasteiger partial charge < -0.3 is 20.9 Å². The normalized spacial score (nSPS) is 18.6. The van der Waals surface area contributed by atoms with Crippen LogP contribution in [0.1, 0.15) is 74.1 Å². The van der Waals surface area contributed by atoms with Crippen molar-refractivity contribution in [1.29, 1.82) is 0 Å². The third kappa shape index (κ3) is 8.32. The fourth-order valence-electron chi connectivity index (χ4n) is 4.59. The van der Waals surface area contributed by atoms with Crippen LogP contribution in [-0.4, -0.2) is 32.0 Å². The smallest absolute Gasteiger partial charge is 0.0808 e. The summed E-state index contributed by atoms with van der Waals surface area (Å²) in [5.41, 5.74) is 16.1. The van der Waals surface area contributed by atoms with Crippen molar-refractivity contribution in [3.8, 4) is 0 Å². The van der Waals surface area contributed by atoms with Crippen LogP contribution in [-0.2, 0) is 22.3 Å². The molecule has 0 amide bonds. The molecule has 1 aliphatic rings. The van der Waals surface area contributed by atoms with Crippen molar-refractivity contribution in [2.75, 3.05) is 19.8 Å². The highest BCUT2D eigenvalue weighted by atomic mass is 16.5. The molecule has 1 aliphatic carbocycles. The minimum Gasteiger partial charge on any atom is -0.377 e. The average molecular weight is 439 g/mol. The van der Waals surface area contributed by atoms with Crippen molar-refractivity contribution in [2.45, 2.75) is 82.5 Å². The van der Waals surface area contributed by atoms with Gasteiger partial charge in [-0.15, -0.1) is 0 Å². The van der Waals surface area contributed by atoms with E-state index in [1.54, 1.807) is 0 Å². The van der Waals surface area contributed by atoms with Gasteiger partial charge in [-0.25, -0.2) is 0 Å². The van der Waals surface area contributed by atoms with Crippen molar-refractivity contribution < 1.29 is 9.47 Å². The standard InChI is InChI=1S/C28H42N2O2/c29-22-25(20-23-14-8-7-9-15-23)31-18-12-5-3-1-2-4-6-13-19-32-27-21-24-16-10-11-17-26(24)28(27)30/h7-11,14-17,25,27-28H,1-6,12-13,18-22,29-30H2/t25-,27-,28+/m1/s1. The van der Waals surface area contributed by atoms with E-state index in [9.17, 15) is 0 Å². The molecule has 0 saturated carbocycles. The number of nitrogens with two attached hydrogens (primary N) is 2. The molecule has 0 radical (unpaired) electrons.